The summed E-state index contributed by atoms with van der Waals surface area (Å²) in [5.74, 6) is -0.212. The first-order chi connectivity index (χ1) is 14.0. The van der Waals surface area contributed by atoms with Crippen LogP contribution in [0.25, 0.3) is 0 Å². The van der Waals surface area contributed by atoms with Crippen LogP contribution in [-0.4, -0.2) is 25.8 Å². The SMILES string of the molecule is C=CCOc1ccc(C2C(C#N)=C(N)OC(C)=C2C(=O)OCC)c(OCC=C)c1. The maximum atomic E-state index is 12.7. The molecule has 0 aromatic heterocycles. The zero-order valence-corrected chi connectivity index (χ0v) is 16.6. The fourth-order valence-corrected chi connectivity index (χ4v) is 2.94. The van der Waals surface area contributed by atoms with Crippen molar-refractivity contribution in [3.8, 4) is 17.6 Å². The maximum Gasteiger partial charge on any atom is 0.338 e. The van der Waals surface area contributed by atoms with Gasteiger partial charge in [0.15, 0.2) is 0 Å². The monoisotopic (exact) mass is 396 g/mol. The Morgan fingerprint density at radius 1 is 1.31 bits per heavy atom. The van der Waals surface area contributed by atoms with E-state index in [2.05, 4.69) is 13.2 Å². The molecule has 152 valence electrons. The average molecular weight is 396 g/mol. The molecule has 0 saturated carbocycles. The molecular weight excluding hydrogens is 372 g/mol. The van der Waals surface area contributed by atoms with E-state index in [0.29, 0.717) is 23.7 Å². The fourth-order valence-electron chi connectivity index (χ4n) is 2.94. The van der Waals surface area contributed by atoms with Gasteiger partial charge >= 0.3 is 5.97 Å². The van der Waals surface area contributed by atoms with E-state index >= 15 is 0 Å². The molecule has 2 rings (SSSR count). The van der Waals surface area contributed by atoms with Gasteiger partial charge < -0.3 is 24.7 Å². The second-order valence-corrected chi connectivity index (χ2v) is 6.01. The Hall–Kier alpha value is -3.66. The molecule has 0 amide bonds. The summed E-state index contributed by atoms with van der Waals surface area (Å²) in [6, 6.07) is 7.18. The van der Waals surface area contributed by atoms with Crippen molar-refractivity contribution in [1.29, 1.82) is 5.26 Å². The van der Waals surface area contributed by atoms with Gasteiger partial charge in [0.25, 0.3) is 0 Å². The lowest BCUT2D eigenvalue weighted by Crippen LogP contribution is -2.26. The second kappa shape index (κ2) is 10.0. The third-order valence-corrected chi connectivity index (χ3v) is 4.12. The number of allylic oxidation sites excluding steroid dienone is 2. The number of ether oxygens (including phenoxy) is 4. The Labute approximate surface area is 170 Å². The number of benzene rings is 1. The van der Waals surface area contributed by atoms with Gasteiger partial charge in [0, 0.05) is 11.6 Å². The molecule has 0 aliphatic carbocycles. The predicted octanol–water partition coefficient (Wildman–Crippen LogP) is 3.46. The van der Waals surface area contributed by atoms with E-state index in [0.717, 1.165) is 0 Å². The maximum absolute atomic E-state index is 12.7. The van der Waals surface area contributed by atoms with Crippen molar-refractivity contribution in [2.24, 2.45) is 5.73 Å². The van der Waals surface area contributed by atoms with Crippen LogP contribution in [0.1, 0.15) is 25.3 Å². The molecule has 7 heteroatoms. The van der Waals surface area contributed by atoms with E-state index in [1.807, 2.05) is 6.07 Å². The van der Waals surface area contributed by atoms with Crippen molar-refractivity contribution in [1.82, 2.24) is 0 Å². The van der Waals surface area contributed by atoms with E-state index in [1.54, 1.807) is 44.2 Å². The van der Waals surface area contributed by atoms with Crippen LogP contribution >= 0.6 is 0 Å². The van der Waals surface area contributed by atoms with Crippen molar-refractivity contribution >= 4 is 5.97 Å². The van der Waals surface area contributed by atoms with E-state index in [4.69, 9.17) is 24.7 Å². The molecule has 0 spiro atoms. The average Bonchev–Trinajstić information content (AvgIpc) is 2.70. The Kier molecular flexibility index (Phi) is 7.49. The summed E-state index contributed by atoms with van der Waals surface area (Å²) in [4.78, 5) is 12.7. The first-order valence-electron chi connectivity index (χ1n) is 9.05. The summed E-state index contributed by atoms with van der Waals surface area (Å²) in [6.07, 6.45) is 3.21. The summed E-state index contributed by atoms with van der Waals surface area (Å²) in [6.45, 7) is 11.3. The van der Waals surface area contributed by atoms with Gasteiger partial charge in [0.05, 0.1) is 18.1 Å². The number of hydrogen-bond acceptors (Lipinski definition) is 7. The van der Waals surface area contributed by atoms with Gasteiger partial charge in [-0.3, -0.25) is 0 Å². The molecule has 1 aliphatic heterocycles. The van der Waals surface area contributed by atoms with E-state index < -0.39 is 11.9 Å². The van der Waals surface area contributed by atoms with Gasteiger partial charge in [-0.25, -0.2) is 4.79 Å². The normalized spacial score (nSPS) is 15.8. The standard InChI is InChI=1S/C22H24N2O5/c1-5-10-27-15-8-9-16(18(12-15)28-11-6-2)20-17(13-23)21(24)29-14(4)19(20)22(25)26-7-3/h5-6,8-9,12,20H,1-2,7,10-11,24H2,3-4H3. The van der Waals surface area contributed by atoms with Crippen molar-refractivity contribution in [3.63, 3.8) is 0 Å². The molecule has 1 unspecified atom stereocenters. The number of nitriles is 1. The number of nitrogens with two attached hydrogens (primary N) is 1. The van der Waals surface area contributed by atoms with Gasteiger partial charge in [-0.15, -0.1) is 0 Å². The Bertz CT molecular complexity index is 908. The largest absolute Gasteiger partial charge is 0.489 e. The van der Waals surface area contributed by atoms with E-state index in [1.165, 1.54) is 0 Å². The van der Waals surface area contributed by atoms with Crippen LogP contribution in [0.3, 0.4) is 0 Å². The summed E-state index contributed by atoms with van der Waals surface area (Å²) in [5, 5.41) is 9.71. The van der Waals surface area contributed by atoms with Crippen molar-refractivity contribution < 1.29 is 23.7 Å². The van der Waals surface area contributed by atoms with Gasteiger partial charge in [0.1, 0.15) is 42.1 Å². The lowest BCUT2D eigenvalue weighted by Gasteiger charge is -2.28. The minimum atomic E-state index is -0.805. The number of rotatable bonds is 9. The number of carbonyl (C=O) groups is 1. The number of esters is 1. The van der Waals surface area contributed by atoms with Crippen LogP contribution < -0.4 is 15.2 Å². The summed E-state index contributed by atoms with van der Waals surface area (Å²) < 4.78 is 22.0. The molecule has 0 radical (unpaired) electrons. The Balaban J connectivity index is 2.65. The molecule has 0 fully saturated rings. The van der Waals surface area contributed by atoms with Gasteiger partial charge in [-0.1, -0.05) is 31.4 Å². The van der Waals surface area contributed by atoms with Crippen molar-refractivity contribution in [3.05, 3.63) is 71.9 Å². The fraction of sp³-hybridized carbons (Fsp3) is 0.273. The van der Waals surface area contributed by atoms with Crippen LogP contribution in [0, 0.1) is 11.3 Å². The van der Waals surface area contributed by atoms with Crippen LogP contribution in [0.5, 0.6) is 11.5 Å². The third-order valence-electron chi connectivity index (χ3n) is 4.12. The van der Waals surface area contributed by atoms with Crippen LogP contribution in [0.2, 0.25) is 0 Å². The molecule has 1 atom stereocenters. The lowest BCUT2D eigenvalue weighted by molar-refractivity contribution is -0.139. The Morgan fingerprint density at radius 3 is 2.62 bits per heavy atom. The molecule has 29 heavy (non-hydrogen) atoms. The zero-order chi connectivity index (χ0) is 21.4. The molecule has 1 heterocycles. The highest BCUT2D eigenvalue weighted by molar-refractivity contribution is 5.92. The van der Waals surface area contributed by atoms with Crippen molar-refractivity contribution in [2.75, 3.05) is 19.8 Å². The second-order valence-electron chi connectivity index (χ2n) is 6.01. The highest BCUT2D eigenvalue weighted by atomic mass is 16.5. The van der Waals surface area contributed by atoms with Crippen LogP contribution in [0.4, 0.5) is 0 Å². The molecule has 1 aromatic carbocycles. The highest BCUT2D eigenvalue weighted by Crippen LogP contribution is 2.44. The smallest absolute Gasteiger partial charge is 0.338 e. The number of hydrogen-bond donors (Lipinski definition) is 1. The first kappa shape index (κ1) is 21.6. The Morgan fingerprint density at radius 2 is 2.00 bits per heavy atom. The van der Waals surface area contributed by atoms with Crippen LogP contribution in [-0.2, 0) is 14.3 Å². The minimum Gasteiger partial charge on any atom is -0.489 e. The molecule has 7 nitrogen and oxygen atoms in total. The molecular formula is C22H24N2O5. The third kappa shape index (κ3) is 4.79. The van der Waals surface area contributed by atoms with Gasteiger partial charge in [-0.05, 0) is 19.9 Å². The quantitative estimate of drug-likeness (QED) is 0.503. The zero-order valence-electron chi connectivity index (χ0n) is 16.6. The van der Waals surface area contributed by atoms with E-state index in [9.17, 15) is 10.1 Å². The first-order valence-corrected chi connectivity index (χ1v) is 9.05. The van der Waals surface area contributed by atoms with Gasteiger partial charge in [-0.2, -0.15) is 5.26 Å². The highest BCUT2D eigenvalue weighted by Gasteiger charge is 2.38. The predicted molar refractivity (Wildman–Crippen MR) is 108 cm³/mol. The number of nitrogens with zero attached hydrogens (tertiary/aromatic N) is 1. The van der Waals surface area contributed by atoms with Crippen molar-refractivity contribution in [2.45, 2.75) is 19.8 Å². The topological polar surface area (TPSA) is 104 Å². The number of carbonyl (C=O) groups excluding carboxylic acids is 1. The summed E-state index contributed by atoms with van der Waals surface area (Å²) >= 11 is 0. The lowest BCUT2D eigenvalue weighted by atomic mass is 9.82. The summed E-state index contributed by atoms with van der Waals surface area (Å²) in [7, 11) is 0. The summed E-state index contributed by atoms with van der Waals surface area (Å²) in [5.41, 5.74) is 6.80. The molecule has 0 saturated heterocycles. The van der Waals surface area contributed by atoms with Crippen LogP contribution in [0.15, 0.2) is 66.3 Å². The minimum absolute atomic E-state index is 0.0651. The molecule has 2 N–H and O–H groups in total. The molecule has 1 aliphatic rings. The van der Waals surface area contributed by atoms with Gasteiger partial charge in [0.2, 0.25) is 5.88 Å². The van der Waals surface area contributed by atoms with E-state index in [-0.39, 0.29) is 36.0 Å². The molecule has 0 bridgehead atoms. The molecule has 1 aromatic rings.